The Kier molecular flexibility index (Phi) is 4.83. The van der Waals surface area contributed by atoms with Crippen LogP contribution in [-0.2, 0) is 0 Å². The van der Waals surface area contributed by atoms with E-state index in [0.29, 0.717) is 0 Å². The highest BCUT2D eigenvalue weighted by Gasteiger charge is 2.32. The fourth-order valence-electron chi connectivity index (χ4n) is 3.56. The monoisotopic (exact) mass is 240 g/mol. The second-order valence-electron chi connectivity index (χ2n) is 5.62. The van der Waals surface area contributed by atoms with Crippen molar-refractivity contribution in [1.29, 1.82) is 0 Å². The first-order valence-corrected chi connectivity index (χ1v) is 7.40. The largest absolute Gasteiger partial charge is 0.393 e. The van der Waals surface area contributed by atoms with Gasteiger partial charge in [0.25, 0.3) is 0 Å². The molecule has 2 fully saturated rings. The van der Waals surface area contributed by atoms with E-state index >= 15 is 0 Å². The molecule has 2 aliphatic rings. The molecule has 0 aromatic heterocycles. The first kappa shape index (κ1) is 13.3. The highest BCUT2D eigenvalue weighted by atomic mass is 16.3. The molecule has 17 heavy (non-hydrogen) atoms. The van der Waals surface area contributed by atoms with Crippen LogP contribution in [0.4, 0.5) is 0 Å². The van der Waals surface area contributed by atoms with Crippen LogP contribution >= 0.6 is 0 Å². The molecule has 3 heteroatoms. The third-order valence-corrected chi connectivity index (χ3v) is 4.71. The molecule has 1 N–H and O–H groups in total. The maximum absolute atomic E-state index is 9.56. The normalized spacial score (nSPS) is 35.6. The van der Waals surface area contributed by atoms with Gasteiger partial charge >= 0.3 is 0 Å². The van der Waals surface area contributed by atoms with E-state index in [1.54, 1.807) is 0 Å². The molecular formula is C14H28N2O. The SMILES string of the molecule is CCN(CC)C1CCN(C2CCC(O)CC2)C1. The summed E-state index contributed by atoms with van der Waals surface area (Å²) < 4.78 is 0. The number of likely N-dealkylation sites (tertiary alicyclic amines) is 1. The molecule has 1 saturated carbocycles. The van der Waals surface area contributed by atoms with Gasteiger partial charge in [0.1, 0.15) is 0 Å². The van der Waals surface area contributed by atoms with Crippen molar-refractivity contribution in [2.45, 2.75) is 64.1 Å². The standard InChI is InChI=1S/C14H28N2O/c1-3-15(4-2)13-9-10-16(11-13)12-5-7-14(17)8-6-12/h12-14,17H,3-11H2,1-2H3. The maximum atomic E-state index is 9.56. The van der Waals surface area contributed by atoms with Gasteiger partial charge in [-0.3, -0.25) is 9.80 Å². The topological polar surface area (TPSA) is 26.7 Å². The van der Waals surface area contributed by atoms with E-state index in [-0.39, 0.29) is 6.10 Å². The number of hydrogen-bond acceptors (Lipinski definition) is 3. The minimum atomic E-state index is -0.0209. The van der Waals surface area contributed by atoms with Crippen LogP contribution < -0.4 is 0 Å². The van der Waals surface area contributed by atoms with Gasteiger partial charge in [0.15, 0.2) is 0 Å². The lowest BCUT2D eigenvalue weighted by atomic mass is 9.92. The molecule has 0 bridgehead atoms. The highest BCUT2D eigenvalue weighted by molar-refractivity contribution is 4.88. The Labute approximate surface area is 106 Å². The molecule has 2 rings (SSSR count). The number of aliphatic hydroxyl groups excluding tert-OH is 1. The summed E-state index contributed by atoms with van der Waals surface area (Å²) in [5.74, 6) is 0. The van der Waals surface area contributed by atoms with Crippen molar-refractivity contribution in [2.75, 3.05) is 26.2 Å². The van der Waals surface area contributed by atoms with Crippen LogP contribution in [0.25, 0.3) is 0 Å². The first-order valence-electron chi connectivity index (χ1n) is 7.40. The third-order valence-electron chi connectivity index (χ3n) is 4.71. The number of hydrogen-bond donors (Lipinski definition) is 1. The second kappa shape index (κ2) is 6.17. The Balaban J connectivity index is 1.81. The van der Waals surface area contributed by atoms with Crippen LogP contribution in [0.15, 0.2) is 0 Å². The average molecular weight is 240 g/mol. The molecule has 3 nitrogen and oxygen atoms in total. The zero-order valence-electron chi connectivity index (χ0n) is 11.4. The van der Waals surface area contributed by atoms with Crippen LogP contribution in [0, 0.1) is 0 Å². The molecule has 0 aromatic rings. The first-order chi connectivity index (χ1) is 8.24. The van der Waals surface area contributed by atoms with E-state index in [1.165, 1.54) is 45.4 Å². The van der Waals surface area contributed by atoms with Crippen molar-refractivity contribution < 1.29 is 5.11 Å². The van der Waals surface area contributed by atoms with E-state index in [1.807, 2.05) is 0 Å². The Morgan fingerprint density at radius 2 is 1.71 bits per heavy atom. The van der Waals surface area contributed by atoms with Gasteiger partial charge in [-0.1, -0.05) is 13.8 Å². The zero-order valence-corrected chi connectivity index (χ0v) is 11.4. The Morgan fingerprint density at radius 1 is 1.06 bits per heavy atom. The molecule has 1 aliphatic carbocycles. The highest BCUT2D eigenvalue weighted by Crippen LogP contribution is 2.27. The molecule has 1 saturated heterocycles. The summed E-state index contributed by atoms with van der Waals surface area (Å²) in [4.78, 5) is 5.27. The van der Waals surface area contributed by atoms with Crippen LogP contribution in [0.3, 0.4) is 0 Å². The van der Waals surface area contributed by atoms with Gasteiger partial charge in [-0.05, 0) is 45.2 Å². The average Bonchev–Trinajstić information content (AvgIpc) is 2.81. The van der Waals surface area contributed by atoms with Crippen molar-refractivity contribution in [2.24, 2.45) is 0 Å². The van der Waals surface area contributed by atoms with Gasteiger partial charge in [0, 0.05) is 25.2 Å². The molecule has 1 atom stereocenters. The van der Waals surface area contributed by atoms with E-state index in [0.717, 1.165) is 24.9 Å². The fraction of sp³-hybridized carbons (Fsp3) is 1.00. The number of rotatable bonds is 4. The summed E-state index contributed by atoms with van der Waals surface area (Å²) in [6.45, 7) is 9.41. The Morgan fingerprint density at radius 3 is 2.29 bits per heavy atom. The summed E-state index contributed by atoms with van der Waals surface area (Å²) in [7, 11) is 0. The molecule has 0 spiro atoms. The number of aliphatic hydroxyl groups is 1. The molecule has 1 aliphatic heterocycles. The third kappa shape index (κ3) is 3.21. The molecule has 0 amide bonds. The number of likely N-dealkylation sites (N-methyl/N-ethyl adjacent to an activating group) is 1. The lowest BCUT2D eigenvalue weighted by Crippen LogP contribution is -2.41. The van der Waals surface area contributed by atoms with Crippen molar-refractivity contribution in [3.63, 3.8) is 0 Å². The molecular weight excluding hydrogens is 212 g/mol. The zero-order chi connectivity index (χ0) is 12.3. The number of nitrogens with zero attached hydrogens (tertiary/aromatic N) is 2. The van der Waals surface area contributed by atoms with Crippen molar-refractivity contribution in [1.82, 2.24) is 9.80 Å². The quantitative estimate of drug-likeness (QED) is 0.810. The second-order valence-corrected chi connectivity index (χ2v) is 5.62. The lowest BCUT2D eigenvalue weighted by Gasteiger charge is -2.34. The lowest BCUT2D eigenvalue weighted by molar-refractivity contribution is 0.0797. The minimum Gasteiger partial charge on any atom is -0.393 e. The van der Waals surface area contributed by atoms with Crippen LogP contribution in [0.1, 0.15) is 46.0 Å². The van der Waals surface area contributed by atoms with Gasteiger partial charge in [0.05, 0.1) is 6.10 Å². The van der Waals surface area contributed by atoms with Gasteiger partial charge in [0.2, 0.25) is 0 Å². The van der Waals surface area contributed by atoms with Gasteiger partial charge in [-0.15, -0.1) is 0 Å². The Hall–Kier alpha value is -0.120. The van der Waals surface area contributed by atoms with E-state index in [9.17, 15) is 5.11 Å². The smallest absolute Gasteiger partial charge is 0.0541 e. The minimum absolute atomic E-state index is 0.0209. The molecule has 1 unspecified atom stereocenters. The molecule has 100 valence electrons. The summed E-state index contributed by atoms with van der Waals surface area (Å²) in [6.07, 6.45) is 5.74. The van der Waals surface area contributed by atoms with E-state index in [4.69, 9.17) is 0 Å². The molecule has 0 aromatic carbocycles. The van der Waals surface area contributed by atoms with Crippen molar-refractivity contribution in [3.8, 4) is 0 Å². The summed E-state index contributed by atoms with van der Waals surface area (Å²) in [5, 5.41) is 9.56. The van der Waals surface area contributed by atoms with Crippen LogP contribution in [0.5, 0.6) is 0 Å². The van der Waals surface area contributed by atoms with Crippen molar-refractivity contribution in [3.05, 3.63) is 0 Å². The summed E-state index contributed by atoms with van der Waals surface area (Å²) >= 11 is 0. The predicted octanol–water partition coefficient (Wildman–Crippen LogP) is 1.71. The fourth-order valence-corrected chi connectivity index (χ4v) is 3.56. The van der Waals surface area contributed by atoms with E-state index in [2.05, 4.69) is 23.6 Å². The van der Waals surface area contributed by atoms with Gasteiger partial charge in [-0.25, -0.2) is 0 Å². The van der Waals surface area contributed by atoms with E-state index < -0.39 is 0 Å². The molecule has 0 radical (unpaired) electrons. The predicted molar refractivity (Wildman–Crippen MR) is 71.2 cm³/mol. The van der Waals surface area contributed by atoms with Gasteiger partial charge in [-0.2, -0.15) is 0 Å². The summed E-state index contributed by atoms with van der Waals surface area (Å²) in [5.41, 5.74) is 0. The van der Waals surface area contributed by atoms with Crippen LogP contribution in [-0.4, -0.2) is 59.3 Å². The molecule has 1 heterocycles. The summed E-state index contributed by atoms with van der Waals surface area (Å²) in [6, 6.07) is 1.52. The van der Waals surface area contributed by atoms with Gasteiger partial charge < -0.3 is 5.11 Å². The van der Waals surface area contributed by atoms with Crippen LogP contribution in [0.2, 0.25) is 0 Å². The maximum Gasteiger partial charge on any atom is 0.0541 e. The Bertz CT molecular complexity index is 222. The van der Waals surface area contributed by atoms with Crippen molar-refractivity contribution >= 4 is 0 Å².